The molecular formula is C18H14FNO4S2. The number of rotatable bonds is 5. The molecule has 0 bridgehead atoms. The van der Waals surface area contributed by atoms with Crippen molar-refractivity contribution in [3.8, 4) is 11.3 Å². The molecule has 1 atom stereocenters. The molecule has 8 heteroatoms. The molecule has 1 aliphatic rings. The first-order chi connectivity index (χ1) is 12.4. The van der Waals surface area contributed by atoms with E-state index in [0.717, 1.165) is 16.7 Å². The third-order valence-corrected chi connectivity index (χ3v) is 5.17. The summed E-state index contributed by atoms with van der Waals surface area (Å²) in [6, 6.07) is 8.26. The number of nitrogens with zero attached hydrogens (tertiary/aromatic N) is 1. The monoisotopic (exact) mass is 391 g/mol. The maximum atomic E-state index is 13.0. The number of furan rings is 1. The molecule has 134 valence electrons. The van der Waals surface area contributed by atoms with Crippen LogP contribution in [0.4, 0.5) is 4.39 Å². The van der Waals surface area contributed by atoms with Crippen LogP contribution in [-0.4, -0.2) is 32.2 Å². The van der Waals surface area contributed by atoms with Crippen molar-refractivity contribution in [3.63, 3.8) is 0 Å². The van der Waals surface area contributed by atoms with Gasteiger partial charge in [-0.1, -0.05) is 30.9 Å². The molecule has 2 aromatic rings. The summed E-state index contributed by atoms with van der Waals surface area (Å²) in [5.74, 6) is -0.930. The zero-order chi connectivity index (χ0) is 18.8. The van der Waals surface area contributed by atoms with Crippen LogP contribution in [0.1, 0.15) is 19.1 Å². The first-order valence-corrected chi connectivity index (χ1v) is 8.99. The van der Waals surface area contributed by atoms with Gasteiger partial charge >= 0.3 is 5.97 Å². The summed E-state index contributed by atoms with van der Waals surface area (Å²) in [7, 11) is 0. The molecule has 1 unspecified atom stereocenters. The van der Waals surface area contributed by atoms with Crippen LogP contribution < -0.4 is 0 Å². The maximum absolute atomic E-state index is 13.0. The maximum Gasteiger partial charge on any atom is 0.326 e. The fraction of sp³-hybridized carbons (Fsp3) is 0.167. The quantitative estimate of drug-likeness (QED) is 0.610. The van der Waals surface area contributed by atoms with Crippen molar-refractivity contribution in [3.05, 3.63) is 52.9 Å². The highest BCUT2D eigenvalue weighted by Gasteiger charge is 2.39. The number of thioether (sulfide) groups is 1. The van der Waals surface area contributed by atoms with E-state index in [4.69, 9.17) is 16.6 Å². The predicted molar refractivity (Wildman–Crippen MR) is 101 cm³/mol. The number of thiocarbonyl (C=S) groups is 1. The van der Waals surface area contributed by atoms with E-state index in [1.54, 1.807) is 31.2 Å². The van der Waals surface area contributed by atoms with Crippen molar-refractivity contribution >= 4 is 46.3 Å². The molecule has 3 rings (SSSR count). The molecule has 26 heavy (non-hydrogen) atoms. The number of aliphatic carboxylic acids is 1. The SMILES string of the molecule is CCC(C(=O)O)N1C(=O)/C(=C\c2ccc(-c3ccc(F)cc3)o2)SC1=S. The number of carbonyl (C=O) groups is 2. The molecule has 1 aliphatic heterocycles. The second-order valence-electron chi connectivity index (χ2n) is 5.52. The molecule has 1 amide bonds. The highest BCUT2D eigenvalue weighted by atomic mass is 32.2. The number of hydrogen-bond acceptors (Lipinski definition) is 5. The number of halogens is 1. The second-order valence-corrected chi connectivity index (χ2v) is 7.20. The van der Waals surface area contributed by atoms with Gasteiger partial charge in [-0.3, -0.25) is 9.69 Å². The van der Waals surface area contributed by atoms with Crippen LogP contribution in [0.25, 0.3) is 17.4 Å². The highest BCUT2D eigenvalue weighted by molar-refractivity contribution is 8.26. The molecule has 1 fully saturated rings. The third-order valence-electron chi connectivity index (χ3n) is 3.84. The summed E-state index contributed by atoms with van der Waals surface area (Å²) in [6.45, 7) is 1.68. The minimum atomic E-state index is -1.10. The van der Waals surface area contributed by atoms with E-state index in [9.17, 15) is 19.1 Å². The Balaban J connectivity index is 1.85. The molecule has 1 aromatic heterocycles. The molecule has 0 radical (unpaired) electrons. The molecule has 5 nitrogen and oxygen atoms in total. The van der Waals surface area contributed by atoms with Crippen molar-refractivity contribution < 1.29 is 23.5 Å². The Morgan fingerprint density at radius 1 is 1.35 bits per heavy atom. The first-order valence-electron chi connectivity index (χ1n) is 7.76. The van der Waals surface area contributed by atoms with Crippen molar-refractivity contribution in [2.75, 3.05) is 0 Å². The number of benzene rings is 1. The van der Waals surface area contributed by atoms with Gasteiger partial charge in [0.1, 0.15) is 27.7 Å². The fourth-order valence-corrected chi connectivity index (χ4v) is 3.88. The lowest BCUT2D eigenvalue weighted by Gasteiger charge is -2.21. The van der Waals surface area contributed by atoms with Crippen LogP contribution >= 0.6 is 24.0 Å². The van der Waals surface area contributed by atoms with Gasteiger partial charge in [0.25, 0.3) is 5.91 Å². The molecule has 0 saturated carbocycles. The summed E-state index contributed by atoms with van der Waals surface area (Å²) < 4.78 is 18.9. The fourth-order valence-electron chi connectivity index (χ4n) is 2.55. The smallest absolute Gasteiger partial charge is 0.326 e. The minimum Gasteiger partial charge on any atom is -0.480 e. The standard InChI is InChI=1S/C18H14FNO4S2/c1-2-13(17(22)23)20-16(21)15(26-18(20)25)9-12-7-8-14(24-12)10-3-5-11(19)6-4-10/h3-9,13H,2H2,1H3,(H,22,23)/b15-9+. The van der Waals surface area contributed by atoms with Gasteiger partial charge in [-0.05, 0) is 42.8 Å². The molecule has 2 heterocycles. The van der Waals surface area contributed by atoms with Crippen molar-refractivity contribution in [1.29, 1.82) is 0 Å². The zero-order valence-corrected chi connectivity index (χ0v) is 15.3. The summed E-state index contributed by atoms with van der Waals surface area (Å²) in [4.78, 5) is 25.3. The summed E-state index contributed by atoms with van der Waals surface area (Å²) >= 11 is 6.21. The molecule has 0 spiro atoms. The van der Waals surface area contributed by atoms with Gasteiger partial charge in [0.15, 0.2) is 0 Å². The number of amides is 1. The van der Waals surface area contributed by atoms with E-state index in [1.807, 2.05) is 0 Å². The number of carboxylic acids is 1. The highest BCUT2D eigenvalue weighted by Crippen LogP contribution is 2.35. The summed E-state index contributed by atoms with van der Waals surface area (Å²) in [5.41, 5.74) is 0.704. The molecular weight excluding hydrogens is 377 g/mol. The number of hydrogen-bond donors (Lipinski definition) is 1. The van der Waals surface area contributed by atoms with Crippen molar-refractivity contribution in [2.24, 2.45) is 0 Å². The largest absolute Gasteiger partial charge is 0.480 e. The van der Waals surface area contributed by atoms with E-state index >= 15 is 0 Å². The summed E-state index contributed by atoms with van der Waals surface area (Å²) in [5, 5.41) is 9.27. The zero-order valence-electron chi connectivity index (χ0n) is 13.6. The number of carbonyl (C=O) groups excluding carboxylic acids is 1. The first kappa shape index (κ1) is 18.3. The Labute approximate surface area is 158 Å². The van der Waals surface area contributed by atoms with Crippen LogP contribution in [-0.2, 0) is 9.59 Å². The van der Waals surface area contributed by atoms with Gasteiger partial charge in [-0.2, -0.15) is 0 Å². The van der Waals surface area contributed by atoms with Crippen LogP contribution in [0.3, 0.4) is 0 Å². The third kappa shape index (κ3) is 3.56. The van der Waals surface area contributed by atoms with Gasteiger partial charge in [0.2, 0.25) is 0 Å². The van der Waals surface area contributed by atoms with Gasteiger partial charge in [-0.15, -0.1) is 0 Å². The second kappa shape index (κ2) is 7.43. The van der Waals surface area contributed by atoms with E-state index in [2.05, 4.69) is 0 Å². The van der Waals surface area contributed by atoms with Crippen molar-refractivity contribution in [1.82, 2.24) is 4.90 Å². The normalized spacial score (nSPS) is 17.2. The number of carboxylic acid groups (broad SMARTS) is 1. The Kier molecular flexibility index (Phi) is 5.24. The van der Waals surface area contributed by atoms with Crippen LogP contribution in [0.15, 0.2) is 45.7 Å². The average molecular weight is 391 g/mol. The molecule has 1 N–H and O–H groups in total. The van der Waals surface area contributed by atoms with E-state index in [-0.39, 0.29) is 16.6 Å². The van der Waals surface area contributed by atoms with Crippen LogP contribution in [0, 0.1) is 5.82 Å². The molecule has 0 aliphatic carbocycles. The summed E-state index contributed by atoms with van der Waals surface area (Å²) in [6.07, 6.45) is 1.78. The van der Waals surface area contributed by atoms with Crippen LogP contribution in [0.2, 0.25) is 0 Å². The molecule has 1 saturated heterocycles. The van der Waals surface area contributed by atoms with Gasteiger partial charge < -0.3 is 9.52 Å². The topological polar surface area (TPSA) is 70.8 Å². The van der Waals surface area contributed by atoms with Gasteiger partial charge in [0.05, 0.1) is 4.91 Å². The van der Waals surface area contributed by atoms with Crippen molar-refractivity contribution in [2.45, 2.75) is 19.4 Å². The Morgan fingerprint density at radius 3 is 2.65 bits per heavy atom. The van der Waals surface area contributed by atoms with E-state index < -0.39 is 17.9 Å². The molecule has 1 aromatic carbocycles. The van der Waals surface area contributed by atoms with E-state index in [0.29, 0.717) is 22.0 Å². The lowest BCUT2D eigenvalue weighted by molar-refractivity contribution is -0.145. The van der Waals surface area contributed by atoms with E-state index in [1.165, 1.54) is 18.2 Å². The predicted octanol–water partition coefficient (Wildman–Crippen LogP) is 4.15. The van der Waals surface area contributed by atoms with Crippen LogP contribution in [0.5, 0.6) is 0 Å². The lowest BCUT2D eigenvalue weighted by Crippen LogP contribution is -2.43. The Hall–Kier alpha value is -2.45. The minimum absolute atomic E-state index is 0.209. The van der Waals surface area contributed by atoms with Gasteiger partial charge in [0, 0.05) is 11.6 Å². The average Bonchev–Trinajstić information content (AvgIpc) is 3.16. The lowest BCUT2D eigenvalue weighted by atomic mass is 10.2. The Morgan fingerprint density at radius 2 is 2.04 bits per heavy atom. The van der Waals surface area contributed by atoms with Gasteiger partial charge in [-0.25, -0.2) is 9.18 Å². The Bertz CT molecular complexity index is 904.